The summed E-state index contributed by atoms with van der Waals surface area (Å²) >= 11 is 1.28. The number of hydrogen-bond donors (Lipinski definition) is 2. The first-order valence-electron chi connectivity index (χ1n) is 10.7. The highest BCUT2D eigenvalue weighted by Crippen LogP contribution is 2.33. The Balaban J connectivity index is 1.76. The molecular formula is C25H29N3O4S. The lowest BCUT2D eigenvalue weighted by atomic mass is 9.96. The normalized spacial score (nSPS) is 15.4. The van der Waals surface area contributed by atoms with Crippen LogP contribution in [0.4, 0.5) is 5.69 Å². The number of anilines is 1. The second-order valence-electron chi connectivity index (χ2n) is 7.63. The number of nitrogens with one attached hydrogen (secondary N) is 2. The third-order valence-electron chi connectivity index (χ3n) is 5.28. The molecule has 2 aromatic carbocycles. The fraction of sp³-hybridized carbons (Fsp3) is 0.320. The third kappa shape index (κ3) is 6.16. The fourth-order valence-corrected chi connectivity index (χ4v) is 4.12. The summed E-state index contributed by atoms with van der Waals surface area (Å²) in [7, 11) is 1.60. The maximum absolute atomic E-state index is 12.7. The summed E-state index contributed by atoms with van der Waals surface area (Å²) in [6, 6.07) is 12.7. The number of esters is 1. The molecule has 3 rings (SSSR count). The second kappa shape index (κ2) is 11.0. The van der Waals surface area contributed by atoms with Crippen molar-refractivity contribution in [2.75, 3.05) is 24.8 Å². The Labute approximate surface area is 198 Å². The van der Waals surface area contributed by atoms with Crippen LogP contribution in [-0.4, -0.2) is 36.5 Å². The number of nitrogens with zero attached hydrogens (tertiary/aromatic N) is 1. The van der Waals surface area contributed by atoms with Gasteiger partial charge in [-0.25, -0.2) is 9.79 Å². The van der Waals surface area contributed by atoms with Crippen LogP contribution in [0.25, 0.3) is 0 Å². The number of aryl methyl sites for hydroxylation is 2. The molecule has 1 heterocycles. The van der Waals surface area contributed by atoms with E-state index in [-0.39, 0.29) is 18.3 Å². The van der Waals surface area contributed by atoms with Crippen LogP contribution in [0.2, 0.25) is 0 Å². The van der Waals surface area contributed by atoms with Gasteiger partial charge in [-0.3, -0.25) is 4.79 Å². The Morgan fingerprint density at radius 3 is 2.45 bits per heavy atom. The molecule has 2 N–H and O–H groups in total. The summed E-state index contributed by atoms with van der Waals surface area (Å²) in [6.07, 6.45) is 0. The van der Waals surface area contributed by atoms with Gasteiger partial charge < -0.3 is 20.1 Å². The predicted molar refractivity (Wildman–Crippen MR) is 133 cm³/mol. The summed E-state index contributed by atoms with van der Waals surface area (Å²) in [4.78, 5) is 29.9. The van der Waals surface area contributed by atoms with Crippen LogP contribution in [0.5, 0.6) is 5.75 Å². The Morgan fingerprint density at radius 1 is 1.09 bits per heavy atom. The number of aliphatic imine (C=N–C) groups is 1. The summed E-state index contributed by atoms with van der Waals surface area (Å²) in [6.45, 7) is 7.90. The van der Waals surface area contributed by atoms with Gasteiger partial charge in [-0.1, -0.05) is 30.0 Å². The third-order valence-corrected chi connectivity index (χ3v) is 6.16. The zero-order valence-corrected chi connectivity index (χ0v) is 20.3. The van der Waals surface area contributed by atoms with Gasteiger partial charge in [0.15, 0.2) is 5.17 Å². The lowest BCUT2D eigenvalue weighted by Crippen LogP contribution is -2.31. The van der Waals surface area contributed by atoms with E-state index in [1.165, 1.54) is 17.3 Å². The van der Waals surface area contributed by atoms with Crippen molar-refractivity contribution >= 4 is 34.5 Å². The molecule has 1 amide bonds. The van der Waals surface area contributed by atoms with E-state index in [1.807, 2.05) is 63.2 Å². The van der Waals surface area contributed by atoms with Gasteiger partial charge in [0.25, 0.3) is 0 Å². The molecule has 0 aromatic heterocycles. The van der Waals surface area contributed by atoms with Gasteiger partial charge in [-0.15, -0.1) is 0 Å². The monoisotopic (exact) mass is 467 g/mol. The second-order valence-corrected chi connectivity index (χ2v) is 8.59. The SMILES string of the molecule is CCOC(=O)C1=C(C)NC(SCC(=O)Nc2ccc(C)c(C)c2)=N[C@H]1c1ccc(OC)cc1. The first-order chi connectivity index (χ1) is 15.8. The number of ether oxygens (including phenoxy) is 2. The van der Waals surface area contributed by atoms with Crippen molar-refractivity contribution in [2.24, 2.45) is 4.99 Å². The number of methoxy groups -OCH3 is 1. The minimum atomic E-state index is -0.540. The van der Waals surface area contributed by atoms with Gasteiger partial charge in [0.1, 0.15) is 11.8 Å². The average molecular weight is 468 g/mol. The molecule has 0 unspecified atom stereocenters. The van der Waals surface area contributed by atoms with Crippen LogP contribution >= 0.6 is 11.8 Å². The molecule has 174 valence electrons. The average Bonchev–Trinajstić information content (AvgIpc) is 2.80. The molecule has 1 aliphatic heterocycles. The molecule has 0 saturated carbocycles. The standard InChI is InChI=1S/C25H29N3O4S/c1-6-32-24(30)22-17(4)26-25(28-23(22)18-8-11-20(31-5)12-9-18)33-14-21(29)27-19-10-7-15(2)16(3)13-19/h7-13,23H,6,14H2,1-5H3,(H,26,28)(H,27,29)/t23-/m0/s1. The molecule has 33 heavy (non-hydrogen) atoms. The van der Waals surface area contributed by atoms with Crippen molar-refractivity contribution in [3.05, 3.63) is 70.4 Å². The molecule has 8 heteroatoms. The summed E-state index contributed by atoms with van der Waals surface area (Å²) in [5.41, 5.74) is 4.99. The first kappa shape index (κ1) is 24.4. The van der Waals surface area contributed by atoms with Crippen molar-refractivity contribution in [2.45, 2.75) is 33.7 Å². The summed E-state index contributed by atoms with van der Waals surface area (Å²) in [5.74, 6) is 0.346. The van der Waals surface area contributed by atoms with E-state index in [2.05, 4.69) is 10.6 Å². The van der Waals surface area contributed by atoms with E-state index >= 15 is 0 Å². The van der Waals surface area contributed by atoms with E-state index in [4.69, 9.17) is 14.5 Å². The Bertz CT molecular complexity index is 1090. The lowest BCUT2D eigenvalue weighted by Gasteiger charge is -2.25. The van der Waals surface area contributed by atoms with Gasteiger partial charge in [-0.05, 0) is 68.7 Å². The Morgan fingerprint density at radius 2 is 1.82 bits per heavy atom. The van der Waals surface area contributed by atoms with Crippen molar-refractivity contribution in [3.63, 3.8) is 0 Å². The molecule has 0 aliphatic carbocycles. The molecule has 1 aliphatic rings. The van der Waals surface area contributed by atoms with Crippen molar-refractivity contribution in [1.29, 1.82) is 0 Å². The molecule has 0 radical (unpaired) electrons. The van der Waals surface area contributed by atoms with Gasteiger partial charge in [0.05, 0.1) is 25.0 Å². The number of hydrogen-bond acceptors (Lipinski definition) is 7. The van der Waals surface area contributed by atoms with E-state index in [9.17, 15) is 9.59 Å². The van der Waals surface area contributed by atoms with Gasteiger partial charge in [0.2, 0.25) is 5.91 Å². The van der Waals surface area contributed by atoms with Crippen molar-refractivity contribution in [3.8, 4) is 5.75 Å². The lowest BCUT2D eigenvalue weighted by molar-refractivity contribution is -0.139. The first-order valence-corrected chi connectivity index (χ1v) is 11.7. The molecule has 0 bridgehead atoms. The number of amidine groups is 1. The summed E-state index contributed by atoms with van der Waals surface area (Å²) < 4.78 is 10.5. The number of carbonyl (C=O) groups is 2. The number of carbonyl (C=O) groups excluding carboxylic acids is 2. The van der Waals surface area contributed by atoms with Crippen LogP contribution < -0.4 is 15.4 Å². The van der Waals surface area contributed by atoms with Crippen LogP contribution in [0.1, 0.15) is 36.6 Å². The topological polar surface area (TPSA) is 89.0 Å². The number of rotatable bonds is 7. The molecule has 0 fully saturated rings. The number of amides is 1. The largest absolute Gasteiger partial charge is 0.497 e. The zero-order chi connectivity index (χ0) is 24.0. The van der Waals surface area contributed by atoms with E-state index < -0.39 is 12.0 Å². The highest BCUT2D eigenvalue weighted by molar-refractivity contribution is 8.14. The van der Waals surface area contributed by atoms with E-state index in [1.54, 1.807) is 14.0 Å². The maximum atomic E-state index is 12.7. The van der Waals surface area contributed by atoms with Crippen LogP contribution in [0.3, 0.4) is 0 Å². The van der Waals surface area contributed by atoms with Crippen LogP contribution in [-0.2, 0) is 14.3 Å². The molecule has 0 spiro atoms. The Hall–Kier alpha value is -3.26. The number of allylic oxidation sites excluding steroid dienone is 1. The highest BCUT2D eigenvalue weighted by Gasteiger charge is 2.30. The molecule has 0 saturated heterocycles. The molecule has 1 atom stereocenters. The molecular weight excluding hydrogens is 438 g/mol. The van der Waals surface area contributed by atoms with Crippen molar-refractivity contribution in [1.82, 2.24) is 5.32 Å². The highest BCUT2D eigenvalue weighted by atomic mass is 32.2. The minimum Gasteiger partial charge on any atom is -0.497 e. The number of thioether (sulfide) groups is 1. The molecule has 7 nitrogen and oxygen atoms in total. The van der Waals surface area contributed by atoms with E-state index in [0.29, 0.717) is 22.2 Å². The van der Waals surface area contributed by atoms with Gasteiger partial charge in [-0.2, -0.15) is 0 Å². The van der Waals surface area contributed by atoms with Crippen molar-refractivity contribution < 1.29 is 19.1 Å². The van der Waals surface area contributed by atoms with E-state index in [0.717, 1.165) is 16.8 Å². The molecule has 2 aromatic rings. The van der Waals surface area contributed by atoms with Crippen LogP contribution in [0, 0.1) is 13.8 Å². The van der Waals surface area contributed by atoms with Gasteiger partial charge >= 0.3 is 5.97 Å². The fourth-order valence-electron chi connectivity index (χ4n) is 3.37. The quantitative estimate of drug-likeness (QED) is 0.582. The maximum Gasteiger partial charge on any atom is 0.338 e. The predicted octanol–water partition coefficient (Wildman–Crippen LogP) is 4.52. The minimum absolute atomic E-state index is 0.133. The number of benzene rings is 2. The zero-order valence-electron chi connectivity index (χ0n) is 19.5. The summed E-state index contributed by atoms with van der Waals surface area (Å²) in [5, 5.41) is 6.63. The van der Waals surface area contributed by atoms with Gasteiger partial charge in [0, 0.05) is 11.4 Å². The Kier molecular flexibility index (Phi) is 8.16. The van der Waals surface area contributed by atoms with Crippen LogP contribution in [0.15, 0.2) is 58.7 Å². The smallest absolute Gasteiger partial charge is 0.338 e.